The van der Waals surface area contributed by atoms with E-state index in [-0.39, 0.29) is 19.4 Å². The Kier molecular flexibility index (Phi) is 7.68. The highest BCUT2D eigenvalue weighted by Crippen LogP contribution is 2.35. The van der Waals surface area contributed by atoms with Crippen molar-refractivity contribution in [2.45, 2.75) is 56.7 Å². The number of carbonyl (C=O) groups is 3. The Morgan fingerprint density at radius 1 is 1.14 bits per heavy atom. The minimum absolute atomic E-state index is 0.165. The van der Waals surface area contributed by atoms with Crippen LogP contribution in [0.4, 0.5) is 0 Å². The van der Waals surface area contributed by atoms with Gasteiger partial charge in [0.1, 0.15) is 6.04 Å². The number of benzene rings is 1. The van der Waals surface area contributed by atoms with E-state index in [0.29, 0.717) is 32.2 Å². The van der Waals surface area contributed by atoms with Gasteiger partial charge in [0.15, 0.2) is 12.1 Å². The van der Waals surface area contributed by atoms with E-state index < -0.39 is 40.5 Å². The van der Waals surface area contributed by atoms with Crippen LogP contribution in [0, 0.1) is 0 Å². The van der Waals surface area contributed by atoms with Crippen LogP contribution in [0.3, 0.4) is 0 Å². The predicted octanol–water partition coefficient (Wildman–Crippen LogP) is 0.729. The maximum Gasteiger partial charge on any atom is 0.363 e. The quantitative estimate of drug-likeness (QED) is 0.430. The minimum atomic E-state index is -1.16. The van der Waals surface area contributed by atoms with Crippen LogP contribution in [0.2, 0.25) is 0 Å². The van der Waals surface area contributed by atoms with Crippen LogP contribution in [0.25, 0.3) is 0 Å². The van der Waals surface area contributed by atoms with Gasteiger partial charge in [-0.2, -0.15) is 0 Å². The number of hydrogen-bond acceptors (Lipinski definition) is 5. The summed E-state index contributed by atoms with van der Waals surface area (Å²) in [5.41, 5.74) is 12.5. The van der Waals surface area contributed by atoms with Crippen molar-refractivity contribution < 1.29 is 29.1 Å². The lowest BCUT2D eigenvalue weighted by molar-refractivity contribution is -0.875. The molecule has 1 saturated heterocycles. The van der Waals surface area contributed by atoms with E-state index in [1.54, 1.807) is 0 Å². The summed E-state index contributed by atoms with van der Waals surface area (Å²) in [6.07, 6.45) is 2.17. The van der Waals surface area contributed by atoms with Gasteiger partial charge in [0.25, 0.3) is 0 Å². The van der Waals surface area contributed by atoms with Crippen molar-refractivity contribution in [3.05, 3.63) is 35.9 Å². The number of hydrogen-bond donors (Lipinski definition) is 4. The van der Waals surface area contributed by atoms with Gasteiger partial charge >= 0.3 is 17.8 Å². The highest BCUT2D eigenvalue weighted by molar-refractivity contribution is 5.84. The van der Waals surface area contributed by atoms with Crippen LogP contribution < -0.4 is 11.5 Å². The number of nitrogens with two attached hydrogens (primary N) is 2. The summed E-state index contributed by atoms with van der Waals surface area (Å²) in [6.45, 7) is 0.539. The monoisotopic (exact) mass is 392 g/mol. The van der Waals surface area contributed by atoms with Crippen LogP contribution in [0.1, 0.15) is 37.7 Å². The number of aryl methyl sites for hydroxylation is 1. The van der Waals surface area contributed by atoms with Crippen molar-refractivity contribution in [3.8, 4) is 0 Å². The molecule has 1 aromatic carbocycles. The standard InChI is InChI=1S/C20H29N3O5/c21-12-4-8-15(22)18(24)23(13-5-9-16(23)19(25)26)17(20(27)28)11-10-14-6-2-1-3-7-14/h1-3,6-7,15-17H,4-5,8-13,21-22H2,(H-,25,26,27,28)/p+1/t15-,16-,17?,23?/m0/s1. The van der Waals surface area contributed by atoms with Crippen LogP contribution in [0.15, 0.2) is 30.3 Å². The molecule has 0 radical (unpaired) electrons. The topological polar surface area (TPSA) is 144 Å². The van der Waals surface area contributed by atoms with Gasteiger partial charge in [-0.05, 0) is 31.4 Å². The molecule has 1 fully saturated rings. The Morgan fingerprint density at radius 2 is 1.82 bits per heavy atom. The fourth-order valence-electron chi connectivity index (χ4n) is 4.31. The summed E-state index contributed by atoms with van der Waals surface area (Å²) in [5.74, 6) is -2.81. The van der Waals surface area contributed by atoms with Gasteiger partial charge < -0.3 is 21.7 Å². The zero-order valence-electron chi connectivity index (χ0n) is 16.0. The molecular formula is C20H30N3O5+. The van der Waals surface area contributed by atoms with Gasteiger partial charge in [-0.1, -0.05) is 30.3 Å². The Hall–Kier alpha value is -2.29. The van der Waals surface area contributed by atoms with E-state index in [1.165, 1.54) is 0 Å². The van der Waals surface area contributed by atoms with E-state index in [9.17, 15) is 24.6 Å². The van der Waals surface area contributed by atoms with Crippen molar-refractivity contribution in [1.29, 1.82) is 0 Å². The van der Waals surface area contributed by atoms with Gasteiger partial charge in [-0.3, -0.25) is 0 Å². The molecular weight excluding hydrogens is 362 g/mol. The first-order chi connectivity index (χ1) is 13.3. The summed E-state index contributed by atoms with van der Waals surface area (Å²) >= 11 is 0. The molecule has 0 aromatic heterocycles. The summed E-state index contributed by atoms with van der Waals surface area (Å²) in [6, 6.07) is 6.19. The molecule has 154 valence electrons. The largest absolute Gasteiger partial charge is 0.477 e. The molecule has 1 aliphatic rings. The molecule has 4 atom stereocenters. The maximum absolute atomic E-state index is 13.3. The van der Waals surface area contributed by atoms with Crippen molar-refractivity contribution in [2.24, 2.45) is 11.5 Å². The van der Waals surface area contributed by atoms with E-state index in [0.717, 1.165) is 5.56 Å². The number of aliphatic carboxylic acids is 2. The van der Waals surface area contributed by atoms with Gasteiger partial charge in [0.2, 0.25) is 0 Å². The Balaban J connectivity index is 2.38. The van der Waals surface area contributed by atoms with Crippen molar-refractivity contribution in [2.75, 3.05) is 13.1 Å². The first-order valence-electron chi connectivity index (χ1n) is 9.71. The fourth-order valence-corrected chi connectivity index (χ4v) is 4.31. The van der Waals surface area contributed by atoms with E-state index >= 15 is 0 Å². The zero-order chi connectivity index (χ0) is 20.7. The summed E-state index contributed by atoms with van der Waals surface area (Å²) in [5, 5.41) is 19.7. The number of quaternary nitrogens is 1. The average Bonchev–Trinajstić information content (AvgIpc) is 3.12. The van der Waals surface area contributed by atoms with Crippen molar-refractivity contribution in [3.63, 3.8) is 0 Å². The van der Waals surface area contributed by atoms with Gasteiger partial charge in [0, 0.05) is 19.3 Å². The third-order valence-electron chi connectivity index (χ3n) is 5.68. The predicted molar refractivity (Wildman–Crippen MR) is 103 cm³/mol. The Morgan fingerprint density at radius 3 is 2.39 bits per heavy atom. The van der Waals surface area contributed by atoms with Crippen LogP contribution in [-0.2, 0) is 20.8 Å². The third-order valence-corrected chi connectivity index (χ3v) is 5.68. The maximum atomic E-state index is 13.3. The first-order valence-corrected chi connectivity index (χ1v) is 9.71. The van der Waals surface area contributed by atoms with Gasteiger partial charge in [-0.15, -0.1) is 0 Å². The summed E-state index contributed by atoms with van der Waals surface area (Å²) < 4.78 is -0.608. The number of amides is 1. The summed E-state index contributed by atoms with van der Waals surface area (Å²) in [7, 11) is 0. The molecule has 1 aliphatic heterocycles. The second-order valence-electron chi connectivity index (χ2n) is 7.40. The smallest absolute Gasteiger partial charge is 0.363 e. The molecule has 1 amide bonds. The molecule has 8 heteroatoms. The second-order valence-corrected chi connectivity index (χ2v) is 7.40. The molecule has 6 N–H and O–H groups in total. The zero-order valence-corrected chi connectivity index (χ0v) is 16.0. The normalized spacial score (nSPS) is 23.9. The molecule has 0 saturated carbocycles. The van der Waals surface area contributed by atoms with Crippen LogP contribution >= 0.6 is 0 Å². The second kappa shape index (κ2) is 9.77. The number of carboxylic acids is 2. The highest BCUT2D eigenvalue weighted by Gasteiger charge is 2.59. The molecule has 2 unspecified atom stereocenters. The van der Waals surface area contributed by atoms with E-state index in [1.807, 2.05) is 30.3 Å². The lowest BCUT2D eigenvalue weighted by atomic mass is 9.97. The highest BCUT2D eigenvalue weighted by atomic mass is 16.4. The number of carboxylic acid groups (broad SMARTS) is 2. The Labute approximate surface area is 164 Å². The van der Waals surface area contributed by atoms with Crippen molar-refractivity contribution >= 4 is 17.8 Å². The summed E-state index contributed by atoms with van der Waals surface area (Å²) in [4.78, 5) is 37.5. The third kappa shape index (κ3) is 4.57. The molecule has 1 heterocycles. The number of carbonyl (C=O) groups excluding carboxylic acids is 1. The average molecular weight is 392 g/mol. The van der Waals surface area contributed by atoms with Crippen LogP contribution in [-0.4, -0.2) is 63.8 Å². The Bertz CT molecular complexity index is 696. The SMILES string of the molecule is NCCC[C@H](N)C(=O)[N+]1(C(CCc2ccccc2)C(=O)O)CCC[C@H]1C(=O)O. The van der Waals surface area contributed by atoms with Gasteiger partial charge in [-0.25, -0.2) is 18.9 Å². The number of rotatable bonds is 10. The van der Waals surface area contributed by atoms with Crippen LogP contribution in [0.5, 0.6) is 0 Å². The molecule has 0 aliphatic carbocycles. The lowest BCUT2D eigenvalue weighted by Gasteiger charge is -2.41. The van der Waals surface area contributed by atoms with E-state index in [4.69, 9.17) is 11.5 Å². The molecule has 1 aromatic rings. The molecule has 8 nitrogen and oxygen atoms in total. The van der Waals surface area contributed by atoms with Crippen molar-refractivity contribution in [1.82, 2.24) is 0 Å². The van der Waals surface area contributed by atoms with E-state index in [2.05, 4.69) is 0 Å². The molecule has 28 heavy (non-hydrogen) atoms. The molecule has 0 spiro atoms. The minimum Gasteiger partial charge on any atom is -0.477 e. The molecule has 2 rings (SSSR count). The molecule has 0 bridgehead atoms. The number of nitrogens with zero attached hydrogens (tertiary/aromatic N) is 1. The first kappa shape index (κ1) is 22.0. The fraction of sp³-hybridized carbons (Fsp3) is 0.550. The van der Waals surface area contributed by atoms with Gasteiger partial charge in [0.05, 0.1) is 6.54 Å². The number of likely N-dealkylation sites (tertiary alicyclic amines) is 1. The lowest BCUT2D eigenvalue weighted by Crippen LogP contribution is -2.69.